The second-order valence-corrected chi connectivity index (χ2v) is 11.5. The SMILES string of the molecule is c1ccc(-c2cccc(-c3nc(-c4ccccc4)nc(-c4cccc5ccc6nc(-c7ccc8ccccc8c7)oc6c45)n3)c2)cc1. The van der Waals surface area contributed by atoms with E-state index >= 15 is 0 Å². The van der Waals surface area contributed by atoms with Crippen molar-refractivity contribution in [1.29, 1.82) is 0 Å². The van der Waals surface area contributed by atoms with Crippen molar-refractivity contribution in [2.75, 3.05) is 0 Å². The smallest absolute Gasteiger partial charge is 0.227 e. The Balaban J connectivity index is 1.24. The minimum atomic E-state index is 0.570. The average molecular weight is 603 g/mol. The van der Waals surface area contributed by atoms with E-state index in [0.717, 1.165) is 55.1 Å². The van der Waals surface area contributed by atoms with Gasteiger partial charge in [-0.3, -0.25) is 0 Å². The van der Waals surface area contributed by atoms with E-state index in [4.69, 9.17) is 24.4 Å². The molecule has 0 radical (unpaired) electrons. The van der Waals surface area contributed by atoms with Crippen LogP contribution in [-0.4, -0.2) is 19.9 Å². The number of aromatic nitrogens is 4. The maximum Gasteiger partial charge on any atom is 0.227 e. The number of rotatable bonds is 5. The van der Waals surface area contributed by atoms with Crippen LogP contribution >= 0.6 is 0 Å². The second kappa shape index (κ2) is 11.2. The minimum absolute atomic E-state index is 0.570. The maximum absolute atomic E-state index is 6.59. The monoisotopic (exact) mass is 602 g/mol. The van der Waals surface area contributed by atoms with Crippen molar-refractivity contribution in [3.05, 3.63) is 158 Å². The molecule has 0 saturated carbocycles. The summed E-state index contributed by atoms with van der Waals surface area (Å²) in [4.78, 5) is 20.1. The van der Waals surface area contributed by atoms with Gasteiger partial charge in [-0.15, -0.1) is 0 Å². The molecule has 0 saturated heterocycles. The molecular formula is C42H26N4O. The Labute approximate surface area is 270 Å². The summed E-state index contributed by atoms with van der Waals surface area (Å²) in [6.07, 6.45) is 0. The summed E-state index contributed by atoms with van der Waals surface area (Å²) in [7, 11) is 0. The molecule has 5 nitrogen and oxygen atoms in total. The van der Waals surface area contributed by atoms with E-state index in [9.17, 15) is 0 Å². The van der Waals surface area contributed by atoms with E-state index in [1.807, 2.05) is 91.0 Å². The molecule has 0 N–H and O–H groups in total. The molecule has 0 aliphatic heterocycles. The minimum Gasteiger partial charge on any atom is -0.435 e. The zero-order valence-electron chi connectivity index (χ0n) is 25.2. The summed E-state index contributed by atoms with van der Waals surface area (Å²) in [5.74, 6) is 2.35. The number of hydrogen-bond donors (Lipinski definition) is 0. The summed E-state index contributed by atoms with van der Waals surface area (Å²) in [5, 5.41) is 4.25. The molecule has 0 amide bonds. The van der Waals surface area contributed by atoms with E-state index in [-0.39, 0.29) is 0 Å². The van der Waals surface area contributed by atoms with Gasteiger partial charge in [0.05, 0.1) is 0 Å². The van der Waals surface area contributed by atoms with E-state index in [1.54, 1.807) is 0 Å². The lowest BCUT2D eigenvalue weighted by molar-refractivity contribution is 0.623. The van der Waals surface area contributed by atoms with Crippen LogP contribution in [0.25, 0.3) is 89.4 Å². The third kappa shape index (κ3) is 4.91. The number of fused-ring (bicyclic) bond motifs is 4. The first-order chi connectivity index (χ1) is 23.3. The van der Waals surface area contributed by atoms with Gasteiger partial charge in [-0.05, 0) is 51.6 Å². The molecule has 9 rings (SSSR count). The van der Waals surface area contributed by atoms with Gasteiger partial charge in [0.2, 0.25) is 5.89 Å². The fourth-order valence-electron chi connectivity index (χ4n) is 6.20. The molecule has 47 heavy (non-hydrogen) atoms. The highest BCUT2D eigenvalue weighted by Crippen LogP contribution is 2.37. The van der Waals surface area contributed by atoms with Crippen LogP contribution in [0.15, 0.2) is 162 Å². The van der Waals surface area contributed by atoms with Crippen molar-refractivity contribution in [2.45, 2.75) is 0 Å². The quantitative estimate of drug-likeness (QED) is 0.196. The van der Waals surface area contributed by atoms with Crippen LogP contribution in [-0.2, 0) is 0 Å². The van der Waals surface area contributed by atoms with Crippen LogP contribution in [0.1, 0.15) is 0 Å². The van der Waals surface area contributed by atoms with Gasteiger partial charge < -0.3 is 4.42 Å². The lowest BCUT2D eigenvalue weighted by Gasteiger charge is -2.11. The molecule has 9 aromatic rings. The lowest BCUT2D eigenvalue weighted by Crippen LogP contribution is -2.00. The average Bonchev–Trinajstić information content (AvgIpc) is 3.60. The van der Waals surface area contributed by atoms with Gasteiger partial charge in [0, 0.05) is 27.6 Å². The van der Waals surface area contributed by atoms with Crippen LogP contribution in [0.5, 0.6) is 0 Å². The predicted molar refractivity (Wildman–Crippen MR) is 190 cm³/mol. The molecule has 2 aromatic heterocycles. The van der Waals surface area contributed by atoms with Crippen LogP contribution in [0.4, 0.5) is 0 Å². The van der Waals surface area contributed by atoms with Gasteiger partial charge in [0.25, 0.3) is 0 Å². The van der Waals surface area contributed by atoms with E-state index in [2.05, 4.69) is 66.7 Å². The summed E-state index contributed by atoms with van der Waals surface area (Å²) < 4.78 is 6.59. The van der Waals surface area contributed by atoms with E-state index < -0.39 is 0 Å². The normalized spacial score (nSPS) is 11.4. The van der Waals surface area contributed by atoms with Crippen molar-refractivity contribution < 1.29 is 4.42 Å². The highest BCUT2D eigenvalue weighted by molar-refractivity contribution is 6.10. The molecule has 0 aliphatic carbocycles. The lowest BCUT2D eigenvalue weighted by atomic mass is 10.0. The first kappa shape index (κ1) is 26.9. The summed E-state index contributed by atoms with van der Waals surface area (Å²) >= 11 is 0. The van der Waals surface area contributed by atoms with Gasteiger partial charge in [0.15, 0.2) is 23.1 Å². The number of nitrogens with zero attached hydrogens (tertiary/aromatic N) is 4. The molecule has 0 fully saturated rings. The van der Waals surface area contributed by atoms with E-state index in [1.165, 1.54) is 5.39 Å². The Kier molecular flexibility index (Phi) is 6.39. The van der Waals surface area contributed by atoms with E-state index in [0.29, 0.717) is 28.9 Å². The molecule has 2 heterocycles. The Morgan fingerprint density at radius 1 is 0.362 bits per heavy atom. The van der Waals surface area contributed by atoms with Crippen LogP contribution in [0, 0.1) is 0 Å². The summed E-state index contributed by atoms with van der Waals surface area (Å²) in [6, 6.07) is 53.6. The Morgan fingerprint density at radius 2 is 0.979 bits per heavy atom. The third-order valence-electron chi connectivity index (χ3n) is 8.53. The van der Waals surface area contributed by atoms with Gasteiger partial charge in [0.1, 0.15) is 5.52 Å². The Hall–Kier alpha value is -6.46. The zero-order valence-corrected chi connectivity index (χ0v) is 25.2. The molecule has 7 aromatic carbocycles. The maximum atomic E-state index is 6.59. The molecule has 5 heteroatoms. The van der Waals surface area contributed by atoms with Crippen LogP contribution in [0.3, 0.4) is 0 Å². The van der Waals surface area contributed by atoms with Crippen molar-refractivity contribution in [3.63, 3.8) is 0 Å². The topological polar surface area (TPSA) is 64.7 Å². The molecule has 0 spiro atoms. The van der Waals surface area contributed by atoms with Gasteiger partial charge in [-0.1, -0.05) is 133 Å². The standard InChI is InChI=1S/C42H26N4O/c1-3-11-27(12-4-1)32-18-9-19-33(25-32)40-44-39(30-14-5-2-6-15-30)45-41(46-40)35-20-10-17-29-23-24-36-38(37(29)35)47-42(43-36)34-22-21-28-13-7-8-16-31(28)26-34/h1-26H. The molecule has 0 aliphatic rings. The highest BCUT2D eigenvalue weighted by atomic mass is 16.3. The first-order valence-electron chi connectivity index (χ1n) is 15.6. The summed E-state index contributed by atoms with van der Waals surface area (Å²) in [6.45, 7) is 0. The van der Waals surface area contributed by atoms with Crippen LogP contribution < -0.4 is 0 Å². The third-order valence-corrected chi connectivity index (χ3v) is 8.53. The zero-order chi connectivity index (χ0) is 31.2. The van der Waals surface area contributed by atoms with Gasteiger partial charge >= 0.3 is 0 Å². The largest absolute Gasteiger partial charge is 0.435 e. The molecular weight excluding hydrogens is 576 g/mol. The number of hydrogen-bond acceptors (Lipinski definition) is 5. The van der Waals surface area contributed by atoms with Gasteiger partial charge in [-0.2, -0.15) is 0 Å². The molecule has 0 bridgehead atoms. The molecule has 220 valence electrons. The van der Waals surface area contributed by atoms with Gasteiger partial charge in [-0.25, -0.2) is 19.9 Å². The van der Waals surface area contributed by atoms with Crippen molar-refractivity contribution in [2.24, 2.45) is 0 Å². The predicted octanol–water partition coefficient (Wildman–Crippen LogP) is 10.7. The fraction of sp³-hybridized carbons (Fsp3) is 0. The molecule has 0 unspecified atom stereocenters. The van der Waals surface area contributed by atoms with Crippen molar-refractivity contribution in [1.82, 2.24) is 19.9 Å². The Bertz CT molecular complexity index is 2580. The van der Waals surface area contributed by atoms with Crippen molar-refractivity contribution in [3.8, 4) is 56.7 Å². The Morgan fingerprint density at radius 3 is 1.81 bits per heavy atom. The fourth-order valence-corrected chi connectivity index (χ4v) is 6.20. The molecule has 0 atom stereocenters. The first-order valence-corrected chi connectivity index (χ1v) is 15.6. The second-order valence-electron chi connectivity index (χ2n) is 11.5. The number of oxazole rings is 1. The van der Waals surface area contributed by atoms with Crippen molar-refractivity contribution >= 4 is 32.6 Å². The number of benzene rings is 7. The van der Waals surface area contributed by atoms with Crippen LogP contribution in [0.2, 0.25) is 0 Å². The highest BCUT2D eigenvalue weighted by Gasteiger charge is 2.19. The summed E-state index contributed by atoms with van der Waals surface area (Å²) in [5.41, 5.74) is 7.33.